The fraction of sp³-hybridized carbons (Fsp3) is 0.120. The minimum absolute atomic E-state index is 0.120. The molecule has 2 aromatic heterocycles. The fourth-order valence-electron chi connectivity index (χ4n) is 3.84. The molecular formula is C25H18F3N3OS. The molecule has 0 radical (unpaired) electrons. The van der Waals surface area contributed by atoms with Gasteiger partial charge >= 0.3 is 6.18 Å². The van der Waals surface area contributed by atoms with Gasteiger partial charge in [-0.15, -0.1) is 0 Å². The molecule has 0 aliphatic carbocycles. The largest absolute Gasteiger partial charge is 0.416 e. The molecule has 0 fully saturated rings. The Morgan fingerprint density at radius 3 is 2.58 bits per heavy atom. The van der Waals surface area contributed by atoms with E-state index in [1.54, 1.807) is 0 Å². The summed E-state index contributed by atoms with van der Waals surface area (Å²) < 4.78 is 41.4. The normalized spacial score (nSPS) is 12.0. The Morgan fingerprint density at radius 2 is 1.79 bits per heavy atom. The molecule has 0 aliphatic rings. The van der Waals surface area contributed by atoms with Crippen LogP contribution in [0.4, 0.5) is 13.2 Å². The number of nitrogens with zero attached hydrogens (tertiary/aromatic N) is 2. The third-order valence-corrected chi connectivity index (χ3v) is 6.39. The minimum atomic E-state index is -4.52. The number of aromatic nitrogens is 3. The van der Waals surface area contributed by atoms with Crippen LogP contribution in [-0.2, 0) is 11.9 Å². The van der Waals surface area contributed by atoms with E-state index in [4.69, 9.17) is 4.98 Å². The van der Waals surface area contributed by atoms with Crippen LogP contribution in [-0.4, -0.2) is 14.5 Å². The fourth-order valence-corrected chi connectivity index (χ4v) is 4.79. The first kappa shape index (κ1) is 21.3. The van der Waals surface area contributed by atoms with Crippen molar-refractivity contribution in [3.63, 3.8) is 0 Å². The Bertz CT molecular complexity index is 1550. The first-order valence-electron chi connectivity index (χ1n) is 10.2. The molecular weight excluding hydrogens is 447 g/mol. The van der Waals surface area contributed by atoms with Crippen LogP contribution in [0.15, 0.2) is 82.7 Å². The highest BCUT2D eigenvalue weighted by molar-refractivity contribution is 7.98. The van der Waals surface area contributed by atoms with Crippen molar-refractivity contribution in [3.8, 4) is 5.69 Å². The lowest BCUT2D eigenvalue weighted by Gasteiger charge is -2.14. The zero-order valence-electron chi connectivity index (χ0n) is 17.5. The van der Waals surface area contributed by atoms with Gasteiger partial charge in [-0.2, -0.15) is 13.2 Å². The van der Waals surface area contributed by atoms with Crippen LogP contribution in [0.1, 0.15) is 16.7 Å². The number of hydrogen-bond donors (Lipinski definition) is 1. The molecule has 8 heteroatoms. The molecule has 0 unspecified atom stereocenters. The molecule has 2 heterocycles. The molecule has 0 amide bonds. The molecule has 4 nitrogen and oxygen atoms in total. The Labute approximate surface area is 191 Å². The molecule has 1 N–H and O–H groups in total. The SMILES string of the molecule is Cc1cccc(CSc2nc3c([nH]c4ccccc43)c(=O)n2-c2cccc(C(F)(F)F)c2)c1. The van der Waals surface area contributed by atoms with Gasteiger partial charge in [0.2, 0.25) is 0 Å². The van der Waals surface area contributed by atoms with Gasteiger partial charge in [-0.05, 0) is 36.8 Å². The van der Waals surface area contributed by atoms with Crippen molar-refractivity contribution in [3.05, 3.63) is 99.8 Å². The van der Waals surface area contributed by atoms with Crippen LogP contribution in [0.3, 0.4) is 0 Å². The molecule has 3 aromatic carbocycles. The first-order valence-corrected chi connectivity index (χ1v) is 11.2. The molecule has 0 spiro atoms. The Hall–Kier alpha value is -3.52. The second kappa shape index (κ2) is 8.12. The third kappa shape index (κ3) is 4.02. The van der Waals surface area contributed by atoms with Crippen LogP contribution < -0.4 is 5.56 Å². The second-order valence-corrected chi connectivity index (χ2v) is 8.70. The molecule has 0 bridgehead atoms. The van der Waals surface area contributed by atoms with E-state index in [9.17, 15) is 18.0 Å². The molecule has 0 atom stereocenters. The zero-order valence-corrected chi connectivity index (χ0v) is 18.3. The standard InChI is InChI=1S/C25H18F3N3OS/c1-15-6-4-7-16(12-15)14-33-24-30-21-19-10-2-3-11-20(19)29-22(21)23(32)31(24)18-9-5-8-17(13-18)25(26,27)28/h2-13,29H,14H2,1H3. The first-order chi connectivity index (χ1) is 15.8. The van der Waals surface area contributed by atoms with Gasteiger partial charge in [0.1, 0.15) is 11.0 Å². The van der Waals surface area contributed by atoms with E-state index in [1.807, 2.05) is 55.5 Å². The van der Waals surface area contributed by atoms with Gasteiger partial charge in [0.05, 0.1) is 11.3 Å². The van der Waals surface area contributed by atoms with Crippen molar-refractivity contribution in [1.29, 1.82) is 0 Å². The van der Waals surface area contributed by atoms with Crippen LogP contribution >= 0.6 is 11.8 Å². The van der Waals surface area contributed by atoms with E-state index in [0.29, 0.717) is 16.4 Å². The van der Waals surface area contributed by atoms with Crippen LogP contribution in [0.2, 0.25) is 0 Å². The van der Waals surface area contributed by atoms with E-state index in [1.165, 1.54) is 28.5 Å². The van der Waals surface area contributed by atoms with Crippen molar-refractivity contribution >= 4 is 33.7 Å². The summed E-state index contributed by atoms with van der Waals surface area (Å²) in [4.78, 5) is 21.4. The summed E-state index contributed by atoms with van der Waals surface area (Å²) in [6, 6.07) is 20.1. The van der Waals surface area contributed by atoms with Gasteiger partial charge in [0.15, 0.2) is 5.16 Å². The van der Waals surface area contributed by atoms with Gasteiger partial charge in [-0.3, -0.25) is 9.36 Å². The van der Waals surface area contributed by atoms with Crippen molar-refractivity contribution < 1.29 is 13.2 Å². The molecule has 5 aromatic rings. The Kier molecular flexibility index (Phi) is 5.25. The predicted octanol–water partition coefficient (Wildman–Crippen LogP) is 6.49. The zero-order chi connectivity index (χ0) is 23.2. The summed E-state index contributed by atoms with van der Waals surface area (Å²) in [5.74, 6) is 0.515. The topological polar surface area (TPSA) is 50.7 Å². The number of hydrogen-bond acceptors (Lipinski definition) is 3. The highest BCUT2D eigenvalue weighted by Gasteiger charge is 2.31. The summed E-state index contributed by atoms with van der Waals surface area (Å²) in [5, 5.41) is 1.12. The summed E-state index contributed by atoms with van der Waals surface area (Å²) in [5.41, 5.74) is 2.50. The quantitative estimate of drug-likeness (QED) is 0.244. The maximum absolute atomic E-state index is 13.5. The van der Waals surface area contributed by atoms with E-state index < -0.39 is 17.3 Å². The number of H-pyrrole nitrogens is 1. The summed E-state index contributed by atoms with van der Waals surface area (Å²) in [7, 11) is 0. The number of aryl methyl sites for hydroxylation is 1. The van der Waals surface area contributed by atoms with Crippen molar-refractivity contribution in [2.45, 2.75) is 24.0 Å². The highest BCUT2D eigenvalue weighted by atomic mass is 32.2. The number of para-hydroxylation sites is 1. The average molecular weight is 466 g/mol. The lowest BCUT2D eigenvalue weighted by molar-refractivity contribution is -0.137. The maximum atomic E-state index is 13.5. The number of nitrogens with one attached hydrogen (secondary N) is 1. The summed E-state index contributed by atoms with van der Waals surface area (Å²) in [6.07, 6.45) is -4.52. The van der Waals surface area contributed by atoms with Gasteiger partial charge in [0.25, 0.3) is 5.56 Å². The number of rotatable bonds is 4. The van der Waals surface area contributed by atoms with Crippen molar-refractivity contribution in [1.82, 2.24) is 14.5 Å². The third-order valence-electron chi connectivity index (χ3n) is 5.38. The Morgan fingerprint density at radius 1 is 1.00 bits per heavy atom. The van der Waals surface area contributed by atoms with Gasteiger partial charge in [0, 0.05) is 16.7 Å². The molecule has 0 saturated heterocycles. The van der Waals surface area contributed by atoms with Crippen LogP contribution in [0.25, 0.3) is 27.6 Å². The molecule has 5 rings (SSSR count). The highest BCUT2D eigenvalue weighted by Crippen LogP contribution is 2.32. The summed E-state index contributed by atoms with van der Waals surface area (Å²) >= 11 is 1.31. The average Bonchev–Trinajstić information content (AvgIpc) is 3.16. The van der Waals surface area contributed by atoms with Crippen molar-refractivity contribution in [2.24, 2.45) is 0 Å². The smallest absolute Gasteiger partial charge is 0.349 e. The van der Waals surface area contributed by atoms with E-state index in [2.05, 4.69) is 4.98 Å². The lowest BCUT2D eigenvalue weighted by atomic mass is 10.2. The minimum Gasteiger partial charge on any atom is -0.349 e. The number of aromatic amines is 1. The molecule has 0 aliphatic heterocycles. The second-order valence-electron chi connectivity index (χ2n) is 7.75. The van der Waals surface area contributed by atoms with E-state index >= 15 is 0 Å². The van der Waals surface area contributed by atoms with E-state index in [0.717, 1.165) is 34.2 Å². The Balaban J connectivity index is 1.72. The number of halogens is 3. The van der Waals surface area contributed by atoms with Crippen LogP contribution in [0.5, 0.6) is 0 Å². The van der Waals surface area contributed by atoms with E-state index in [-0.39, 0.29) is 11.2 Å². The predicted molar refractivity (Wildman–Crippen MR) is 125 cm³/mol. The lowest BCUT2D eigenvalue weighted by Crippen LogP contribution is -2.22. The van der Waals surface area contributed by atoms with Gasteiger partial charge in [-0.1, -0.05) is 65.9 Å². The molecule has 0 saturated carbocycles. The molecule has 166 valence electrons. The van der Waals surface area contributed by atoms with Crippen molar-refractivity contribution in [2.75, 3.05) is 0 Å². The van der Waals surface area contributed by atoms with Crippen LogP contribution in [0, 0.1) is 6.92 Å². The monoisotopic (exact) mass is 465 g/mol. The van der Waals surface area contributed by atoms with Gasteiger partial charge < -0.3 is 4.98 Å². The summed E-state index contributed by atoms with van der Waals surface area (Å²) in [6.45, 7) is 1.99. The maximum Gasteiger partial charge on any atom is 0.416 e. The molecule has 33 heavy (non-hydrogen) atoms. The van der Waals surface area contributed by atoms with Gasteiger partial charge in [-0.25, -0.2) is 4.98 Å². The number of alkyl halides is 3. The number of fused-ring (bicyclic) bond motifs is 3. The number of thioether (sulfide) groups is 1. The number of benzene rings is 3.